The van der Waals surface area contributed by atoms with E-state index in [1.54, 1.807) is 24.6 Å². The molecule has 2 aromatic heterocycles. The number of urea groups is 1. The predicted molar refractivity (Wildman–Crippen MR) is 78.9 cm³/mol. The second kappa shape index (κ2) is 6.08. The summed E-state index contributed by atoms with van der Waals surface area (Å²) in [5.74, 6) is 0.518. The minimum Gasteiger partial charge on any atom is -0.444 e. The van der Waals surface area contributed by atoms with Crippen molar-refractivity contribution in [3.63, 3.8) is 0 Å². The number of hydrogen-bond donors (Lipinski definition) is 3. The zero-order valence-electron chi connectivity index (χ0n) is 11.8. The molecule has 1 aromatic carbocycles. The van der Waals surface area contributed by atoms with Crippen LogP contribution in [0.4, 0.5) is 10.5 Å². The lowest BCUT2D eigenvalue weighted by atomic mass is 10.2. The summed E-state index contributed by atoms with van der Waals surface area (Å²) >= 11 is 0. The molecular weight excluding hydrogens is 284 g/mol. The summed E-state index contributed by atoms with van der Waals surface area (Å²) in [6, 6.07) is 6.94. The lowest BCUT2D eigenvalue weighted by Gasteiger charge is -2.07. The molecule has 112 valence electrons. The quantitative estimate of drug-likeness (QED) is 0.683. The Hall–Kier alpha value is -3.16. The van der Waals surface area contributed by atoms with Crippen molar-refractivity contribution in [1.29, 1.82) is 0 Å². The minimum atomic E-state index is -0.330. The number of aromatic nitrogens is 4. The Morgan fingerprint density at radius 3 is 3.05 bits per heavy atom. The fourth-order valence-electron chi connectivity index (χ4n) is 1.87. The van der Waals surface area contributed by atoms with Crippen molar-refractivity contribution < 1.29 is 9.21 Å². The molecule has 22 heavy (non-hydrogen) atoms. The summed E-state index contributed by atoms with van der Waals surface area (Å²) in [4.78, 5) is 16.1. The Balaban J connectivity index is 1.63. The first-order chi connectivity index (χ1) is 10.7. The van der Waals surface area contributed by atoms with Crippen LogP contribution in [0.15, 0.2) is 41.1 Å². The number of rotatable bonds is 4. The number of nitrogens with one attached hydrogen (secondary N) is 3. The van der Waals surface area contributed by atoms with E-state index in [-0.39, 0.29) is 6.03 Å². The highest BCUT2D eigenvalue weighted by atomic mass is 16.3. The van der Waals surface area contributed by atoms with E-state index in [9.17, 15) is 4.79 Å². The second-order valence-corrected chi connectivity index (χ2v) is 4.64. The maximum absolute atomic E-state index is 11.8. The smallest absolute Gasteiger partial charge is 0.319 e. The van der Waals surface area contributed by atoms with Gasteiger partial charge in [-0.05, 0) is 25.1 Å². The van der Waals surface area contributed by atoms with Gasteiger partial charge >= 0.3 is 6.03 Å². The highest BCUT2D eigenvalue weighted by Gasteiger charge is 2.07. The van der Waals surface area contributed by atoms with Crippen LogP contribution in [0.2, 0.25) is 0 Å². The molecule has 0 unspecified atom stereocenters. The van der Waals surface area contributed by atoms with Gasteiger partial charge in [-0.15, -0.1) is 0 Å². The minimum absolute atomic E-state index is 0.293. The number of hydrogen-bond acceptors (Lipinski definition) is 5. The summed E-state index contributed by atoms with van der Waals surface area (Å²) in [5, 5.41) is 15.4. The highest BCUT2D eigenvalue weighted by molar-refractivity contribution is 5.89. The maximum Gasteiger partial charge on any atom is 0.319 e. The Kier molecular flexibility index (Phi) is 3.82. The maximum atomic E-state index is 11.8. The van der Waals surface area contributed by atoms with Crippen LogP contribution >= 0.6 is 0 Å². The number of amides is 2. The molecule has 0 atom stereocenters. The molecule has 0 spiro atoms. The van der Waals surface area contributed by atoms with Crippen LogP contribution in [0.5, 0.6) is 0 Å². The third-order valence-electron chi connectivity index (χ3n) is 2.88. The number of benzene rings is 1. The molecule has 3 rings (SSSR count). The van der Waals surface area contributed by atoms with Crippen molar-refractivity contribution >= 4 is 11.7 Å². The molecule has 0 aliphatic heterocycles. The number of carbonyl (C=O) groups excluding carboxylic acids is 1. The lowest BCUT2D eigenvalue weighted by Crippen LogP contribution is -2.28. The van der Waals surface area contributed by atoms with Crippen molar-refractivity contribution in [1.82, 2.24) is 25.7 Å². The monoisotopic (exact) mass is 298 g/mol. The van der Waals surface area contributed by atoms with Gasteiger partial charge in [-0.3, -0.25) is 0 Å². The topological polar surface area (TPSA) is 109 Å². The average molecular weight is 298 g/mol. The molecule has 8 nitrogen and oxygen atoms in total. The van der Waals surface area contributed by atoms with Crippen LogP contribution in [-0.2, 0) is 6.54 Å². The van der Waals surface area contributed by atoms with Gasteiger partial charge in [0.15, 0.2) is 0 Å². The summed E-state index contributed by atoms with van der Waals surface area (Å²) in [6.45, 7) is 2.15. The molecule has 0 aliphatic rings. The first-order valence-corrected chi connectivity index (χ1v) is 6.63. The van der Waals surface area contributed by atoms with Crippen molar-refractivity contribution in [2.75, 3.05) is 5.32 Å². The molecule has 0 fully saturated rings. The standard InChI is InChI=1S/C14H14N6O2/c1-9-8-22-13(17-9)10-3-2-4-11(5-10)18-14(21)15-6-12-7-16-20-19-12/h2-5,7-8H,6H2,1H3,(H2,15,18,21)(H,16,19,20). The van der Waals surface area contributed by atoms with Crippen LogP contribution in [0.1, 0.15) is 11.4 Å². The first-order valence-electron chi connectivity index (χ1n) is 6.63. The zero-order chi connectivity index (χ0) is 15.4. The van der Waals surface area contributed by atoms with Crippen LogP contribution in [0.3, 0.4) is 0 Å². The molecule has 0 bridgehead atoms. The number of aryl methyl sites for hydroxylation is 1. The third-order valence-corrected chi connectivity index (χ3v) is 2.88. The Morgan fingerprint density at radius 1 is 1.41 bits per heavy atom. The van der Waals surface area contributed by atoms with Crippen molar-refractivity contribution in [2.45, 2.75) is 13.5 Å². The van der Waals surface area contributed by atoms with Crippen LogP contribution in [0.25, 0.3) is 11.5 Å². The highest BCUT2D eigenvalue weighted by Crippen LogP contribution is 2.21. The number of carbonyl (C=O) groups is 1. The molecule has 0 radical (unpaired) electrons. The van der Waals surface area contributed by atoms with Gasteiger partial charge in [0.25, 0.3) is 0 Å². The molecule has 3 aromatic rings. The molecule has 2 heterocycles. The van der Waals surface area contributed by atoms with Crippen LogP contribution < -0.4 is 10.6 Å². The number of aromatic amines is 1. The van der Waals surface area contributed by atoms with Gasteiger partial charge in [0.1, 0.15) is 12.0 Å². The van der Waals surface area contributed by atoms with Gasteiger partial charge in [0.2, 0.25) is 5.89 Å². The van der Waals surface area contributed by atoms with Gasteiger partial charge in [0, 0.05) is 11.3 Å². The Morgan fingerprint density at radius 2 is 2.32 bits per heavy atom. The number of nitrogens with zero attached hydrogens (tertiary/aromatic N) is 3. The first kappa shape index (κ1) is 13.8. The normalized spacial score (nSPS) is 10.4. The fraction of sp³-hybridized carbons (Fsp3) is 0.143. The average Bonchev–Trinajstić information content (AvgIpc) is 3.17. The van der Waals surface area contributed by atoms with Crippen LogP contribution in [-0.4, -0.2) is 26.4 Å². The Bertz CT molecular complexity index is 765. The summed E-state index contributed by atoms with van der Waals surface area (Å²) < 4.78 is 5.35. The fourth-order valence-corrected chi connectivity index (χ4v) is 1.87. The second-order valence-electron chi connectivity index (χ2n) is 4.64. The molecule has 0 aliphatic carbocycles. The van der Waals surface area contributed by atoms with Gasteiger partial charge in [-0.2, -0.15) is 15.4 Å². The van der Waals surface area contributed by atoms with Crippen molar-refractivity contribution in [3.05, 3.63) is 48.1 Å². The Labute approximate surface area is 126 Å². The number of oxazole rings is 1. The lowest BCUT2D eigenvalue weighted by molar-refractivity contribution is 0.251. The van der Waals surface area contributed by atoms with E-state index in [2.05, 4.69) is 31.0 Å². The van der Waals surface area contributed by atoms with E-state index in [0.717, 1.165) is 11.3 Å². The number of anilines is 1. The molecular formula is C14H14N6O2. The molecule has 0 saturated carbocycles. The molecule has 2 amide bonds. The van der Waals surface area contributed by atoms with E-state index >= 15 is 0 Å². The van der Waals surface area contributed by atoms with E-state index in [4.69, 9.17) is 4.42 Å². The molecule has 0 saturated heterocycles. The van der Waals surface area contributed by atoms with Gasteiger partial charge in [-0.25, -0.2) is 9.78 Å². The van der Waals surface area contributed by atoms with E-state index in [1.165, 1.54) is 0 Å². The third kappa shape index (κ3) is 3.29. The van der Waals surface area contributed by atoms with Gasteiger partial charge < -0.3 is 15.1 Å². The van der Waals surface area contributed by atoms with Gasteiger partial charge in [0.05, 0.1) is 18.4 Å². The summed E-state index contributed by atoms with van der Waals surface area (Å²) in [6.07, 6.45) is 3.13. The van der Waals surface area contributed by atoms with Gasteiger partial charge in [-0.1, -0.05) is 6.07 Å². The molecule has 8 heteroatoms. The summed E-state index contributed by atoms with van der Waals surface area (Å²) in [7, 11) is 0. The van der Waals surface area contributed by atoms with E-state index < -0.39 is 0 Å². The van der Waals surface area contributed by atoms with E-state index in [0.29, 0.717) is 23.8 Å². The zero-order valence-corrected chi connectivity index (χ0v) is 11.8. The van der Waals surface area contributed by atoms with Crippen LogP contribution in [0, 0.1) is 6.92 Å². The van der Waals surface area contributed by atoms with E-state index in [1.807, 2.05) is 19.1 Å². The predicted octanol–water partition coefficient (Wildman–Crippen LogP) is 2.09. The summed E-state index contributed by atoms with van der Waals surface area (Å²) in [5.41, 5.74) is 2.89. The van der Waals surface area contributed by atoms with Crippen molar-refractivity contribution in [2.24, 2.45) is 0 Å². The van der Waals surface area contributed by atoms with Crippen molar-refractivity contribution in [3.8, 4) is 11.5 Å². The molecule has 3 N–H and O–H groups in total. The number of H-pyrrole nitrogens is 1. The SMILES string of the molecule is Cc1coc(-c2cccc(NC(=O)NCc3cn[nH]n3)c2)n1. The largest absolute Gasteiger partial charge is 0.444 e.